The number of hydrogen-bond acceptors (Lipinski definition) is 5. The Balaban J connectivity index is 1.40. The molecular weight excluding hydrogens is 404 g/mol. The molecule has 0 saturated carbocycles. The van der Waals surface area contributed by atoms with Gasteiger partial charge in [0.2, 0.25) is 0 Å². The first-order valence-corrected chi connectivity index (χ1v) is 10.5. The largest absolute Gasteiger partial charge is 0.338 e. The van der Waals surface area contributed by atoms with E-state index in [0.29, 0.717) is 17.7 Å². The second-order valence-electron chi connectivity index (χ2n) is 8.47. The average molecular weight is 427 g/mol. The van der Waals surface area contributed by atoms with Gasteiger partial charge in [-0.2, -0.15) is 0 Å². The molecular formula is C22H23F2N5O2. The van der Waals surface area contributed by atoms with Crippen LogP contribution in [0.25, 0.3) is 0 Å². The van der Waals surface area contributed by atoms with Crippen LogP contribution in [0.1, 0.15) is 51.1 Å². The number of hydrogen-bond donors (Lipinski definition) is 0. The minimum absolute atomic E-state index is 0.0233. The summed E-state index contributed by atoms with van der Waals surface area (Å²) >= 11 is 0. The van der Waals surface area contributed by atoms with E-state index < -0.39 is 5.92 Å². The Bertz CT molecular complexity index is 1060. The Kier molecular flexibility index (Phi) is 4.64. The zero-order valence-corrected chi connectivity index (χ0v) is 17.3. The van der Waals surface area contributed by atoms with Crippen molar-refractivity contribution >= 4 is 23.5 Å². The smallest absolute Gasteiger partial charge is 0.255 e. The molecule has 2 aromatic heterocycles. The molecule has 2 aromatic rings. The number of pyridine rings is 2. The highest BCUT2D eigenvalue weighted by atomic mass is 19.3. The summed E-state index contributed by atoms with van der Waals surface area (Å²) in [5, 5.41) is 0. The van der Waals surface area contributed by atoms with Gasteiger partial charge in [0.05, 0.1) is 11.1 Å². The first-order valence-electron chi connectivity index (χ1n) is 10.5. The Morgan fingerprint density at radius 1 is 1.06 bits per heavy atom. The van der Waals surface area contributed by atoms with E-state index in [1.165, 1.54) is 11.1 Å². The lowest BCUT2D eigenvalue weighted by Crippen LogP contribution is -2.42. The SMILES string of the molecule is CN1Cc2cc(N3CCCc4cc(C(=O)N5CCC(F)(F)CC5)cnc43)ncc2C1=O. The van der Waals surface area contributed by atoms with E-state index in [1.807, 2.05) is 17.0 Å². The highest BCUT2D eigenvalue weighted by Crippen LogP contribution is 2.34. The topological polar surface area (TPSA) is 69.6 Å². The van der Waals surface area contributed by atoms with Crippen LogP contribution in [0.2, 0.25) is 0 Å². The van der Waals surface area contributed by atoms with Crippen LogP contribution in [-0.4, -0.2) is 64.2 Å². The molecule has 1 fully saturated rings. The number of likely N-dealkylation sites (tertiary alicyclic amines) is 1. The summed E-state index contributed by atoms with van der Waals surface area (Å²) in [4.78, 5) is 39.2. The Hall–Kier alpha value is -3.10. The Labute approximate surface area is 178 Å². The molecule has 0 unspecified atom stereocenters. The summed E-state index contributed by atoms with van der Waals surface area (Å²) in [6.45, 7) is 1.41. The third kappa shape index (κ3) is 3.51. The molecule has 0 radical (unpaired) electrons. The van der Waals surface area contributed by atoms with Crippen LogP contribution in [0.3, 0.4) is 0 Å². The first kappa shape index (κ1) is 19.8. The van der Waals surface area contributed by atoms with Crippen LogP contribution in [0.4, 0.5) is 20.4 Å². The molecule has 9 heteroatoms. The maximum absolute atomic E-state index is 13.4. The molecule has 3 aliphatic rings. The van der Waals surface area contributed by atoms with Crippen molar-refractivity contribution in [3.63, 3.8) is 0 Å². The molecule has 0 aromatic carbocycles. The van der Waals surface area contributed by atoms with Gasteiger partial charge in [0.15, 0.2) is 0 Å². The zero-order valence-electron chi connectivity index (χ0n) is 17.3. The number of nitrogens with zero attached hydrogens (tertiary/aromatic N) is 5. The number of carbonyl (C=O) groups is 2. The number of fused-ring (bicyclic) bond motifs is 2. The number of rotatable bonds is 2. The average Bonchev–Trinajstić information content (AvgIpc) is 3.05. The molecule has 31 heavy (non-hydrogen) atoms. The van der Waals surface area contributed by atoms with Crippen LogP contribution in [-0.2, 0) is 13.0 Å². The summed E-state index contributed by atoms with van der Waals surface area (Å²) < 4.78 is 26.8. The summed E-state index contributed by atoms with van der Waals surface area (Å²) in [6, 6.07) is 3.76. The highest BCUT2D eigenvalue weighted by Gasteiger charge is 2.36. The van der Waals surface area contributed by atoms with E-state index >= 15 is 0 Å². The Morgan fingerprint density at radius 2 is 1.84 bits per heavy atom. The van der Waals surface area contributed by atoms with E-state index in [0.717, 1.165) is 42.1 Å². The lowest BCUT2D eigenvalue weighted by atomic mass is 10.0. The number of aryl methyl sites for hydroxylation is 1. The van der Waals surface area contributed by atoms with Gasteiger partial charge in [-0.25, -0.2) is 18.7 Å². The third-order valence-electron chi connectivity index (χ3n) is 6.29. The van der Waals surface area contributed by atoms with Gasteiger partial charge in [-0.1, -0.05) is 0 Å². The molecule has 3 aliphatic heterocycles. The lowest BCUT2D eigenvalue weighted by Gasteiger charge is -2.32. The normalized spacial score (nSPS) is 20.0. The first-order chi connectivity index (χ1) is 14.8. The summed E-state index contributed by atoms with van der Waals surface area (Å²) in [7, 11) is 1.77. The molecule has 0 spiro atoms. The van der Waals surface area contributed by atoms with Crippen molar-refractivity contribution in [2.75, 3.05) is 31.6 Å². The monoisotopic (exact) mass is 427 g/mol. The standard InChI is InChI=1S/C22H23F2N5O2/c1-27-13-16-10-18(25-12-17(16)21(27)31)29-6-2-3-14-9-15(11-26-19(14)29)20(30)28-7-4-22(23,24)5-8-28/h9-12H,2-8,13H2,1H3. The van der Waals surface area contributed by atoms with E-state index in [4.69, 9.17) is 0 Å². The number of halogens is 2. The van der Waals surface area contributed by atoms with Gasteiger partial charge >= 0.3 is 0 Å². The van der Waals surface area contributed by atoms with E-state index in [1.54, 1.807) is 18.1 Å². The van der Waals surface area contributed by atoms with E-state index in [-0.39, 0.29) is 37.7 Å². The highest BCUT2D eigenvalue weighted by molar-refractivity contribution is 5.98. The quantitative estimate of drug-likeness (QED) is 0.737. The summed E-state index contributed by atoms with van der Waals surface area (Å²) in [6.07, 6.45) is 4.20. The fraction of sp³-hybridized carbons (Fsp3) is 0.455. The van der Waals surface area contributed by atoms with Crippen LogP contribution < -0.4 is 4.90 Å². The van der Waals surface area contributed by atoms with Gasteiger partial charge in [0, 0.05) is 58.5 Å². The molecule has 0 atom stereocenters. The van der Waals surface area contributed by atoms with E-state index in [9.17, 15) is 18.4 Å². The fourth-order valence-electron chi connectivity index (χ4n) is 4.51. The van der Waals surface area contributed by atoms with E-state index in [2.05, 4.69) is 9.97 Å². The molecule has 5 rings (SSSR count). The predicted octanol–water partition coefficient (Wildman–Crippen LogP) is 3.02. The maximum Gasteiger partial charge on any atom is 0.255 e. The molecule has 5 heterocycles. The number of alkyl halides is 2. The van der Waals surface area contributed by atoms with Gasteiger partial charge in [0.1, 0.15) is 11.6 Å². The summed E-state index contributed by atoms with van der Waals surface area (Å²) in [5.41, 5.74) is 2.94. The number of aromatic nitrogens is 2. The molecule has 1 saturated heterocycles. The lowest BCUT2D eigenvalue weighted by molar-refractivity contribution is -0.0494. The molecule has 0 aliphatic carbocycles. The van der Waals surface area contributed by atoms with Crippen molar-refractivity contribution in [1.29, 1.82) is 0 Å². The molecule has 7 nitrogen and oxygen atoms in total. The van der Waals surface area contributed by atoms with Crippen molar-refractivity contribution in [3.8, 4) is 0 Å². The number of piperidine rings is 1. The maximum atomic E-state index is 13.4. The van der Waals surface area contributed by atoms with Gasteiger partial charge in [-0.05, 0) is 36.1 Å². The third-order valence-corrected chi connectivity index (χ3v) is 6.29. The van der Waals surface area contributed by atoms with Gasteiger partial charge < -0.3 is 14.7 Å². The van der Waals surface area contributed by atoms with Crippen LogP contribution >= 0.6 is 0 Å². The van der Waals surface area contributed by atoms with Crippen molar-refractivity contribution in [2.24, 2.45) is 0 Å². The minimum Gasteiger partial charge on any atom is -0.338 e. The van der Waals surface area contributed by atoms with Gasteiger partial charge in [-0.3, -0.25) is 9.59 Å². The minimum atomic E-state index is -2.69. The van der Waals surface area contributed by atoms with Crippen molar-refractivity contribution in [2.45, 2.75) is 38.2 Å². The fourth-order valence-corrected chi connectivity index (χ4v) is 4.51. The van der Waals surface area contributed by atoms with Crippen molar-refractivity contribution < 1.29 is 18.4 Å². The second-order valence-corrected chi connectivity index (χ2v) is 8.47. The van der Waals surface area contributed by atoms with Gasteiger partial charge in [0.25, 0.3) is 17.7 Å². The van der Waals surface area contributed by atoms with Gasteiger partial charge in [-0.15, -0.1) is 0 Å². The second kappa shape index (κ2) is 7.25. The zero-order chi connectivity index (χ0) is 21.8. The predicted molar refractivity (Wildman–Crippen MR) is 110 cm³/mol. The number of carbonyl (C=O) groups excluding carboxylic acids is 2. The van der Waals surface area contributed by atoms with Crippen LogP contribution in [0.15, 0.2) is 24.5 Å². The molecule has 0 bridgehead atoms. The summed E-state index contributed by atoms with van der Waals surface area (Å²) in [5.74, 6) is -1.48. The van der Waals surface area contributed by atoms with Crippen LogP contribution in [0, 0.1) is 0 Å². The van der Waals surface area contributed by atoms with Crippen molar-refractivity contribution in [1.82, 2.24) is 19.8 Å². The molecule has 0 N–H and O–H groups in total. The number of anilines is 2. The van der Waals surface area contributed by atoms with Crippen molar-refractivity contribution in [3.05, 3.63) is 46.8 Å². The number of amides is 2. The molecule has 162 valence electrons. The van der Waals surface area contributed by atoms with Crippen LogP contribution in [0.5, 0.6) is 0 Å². The Morgan fingerprint density at radius 3 is 2.61 bits per heavy atom. The molecule has 2 amide bonds.